The fourth-order valence-corrected chi connectivity index (χ4v) is 2.61. The molecule has 2 bridgehead atoms. The van der Waals surface area contributed by atoms with Gasteiger partial charge in [-0.2, -0.15) is 0 Å². The van der Waals surface area contributed by atoms with Crippen LogP contribution in [-0.4, -0.2) is 25.2 Å². The predicted molar refractivity (Wildman–Crippen MR) is 70.1 cm³/mol. The van der Waals surface area contributed by atoms with Gasteiger partial charge in [0, 0.05) is 30.9 Å². The molecule has 2 heterocycles. The quantitative estimate of drug-likeness (QED) is 0.779. The van der Waals surface area contributed by atoms with Crippen molar-refractivity contribution in [2.75, 3.05) is 18.0 Å². The van der Waals surface area contributed by atoms with Crippen molar-refractivity contribution in [1.82, 2.24) is 5.32 Å². The lowest BCUT2D eigenvalue weighted by Gasteiger charge is -2.29. The number of piperazine rings is 1. The summed E-state index contributed by atoms with van der Waals surface area (Å²) in [5.41, 5.74) is 2.74. The Hall–Kier alpha value is -1.02. The number of anilines is 1. The molecular weight excluding hydrogens is 196 g/mol. The Bertz CT molecular complexity index is 331. The maximum atomic E-state index is 3.53. The summed E-state index contributed by atoms with van der Waals surface area (Å²) in [6.07, 6.45) is 1.33. The summed E-state index contributed by atoms with van der Waals surface area (Å²) in [6, 6.07) is 10.4. The molecule has 0 aromatic heterocycles. The normalized spacial score (nSPS) is 26.6. The fraction of sp³-hybridized carbons (Fsp3) is 0.571. The van der Waals surface area contributed by atoms with Gasteiger partial charge in [-0.25, -0.2) is 0 Å². The van der Waals surface area contributed by atoms with Gasteiger partial charge in [0.25, 0.3) is 0 Å². The van der Waals surface area contributed by atoms with Gasteiger partial charge in [-0.1, -0.05) is 31.5 Å². The lowest BCUT2D eigenvalue weighted by atomic mass is 10.2. The van der Waals surface area contributed by atoms with E-state index in [1.54, 1.807) is 0 Å². The molecule has 3 rings (SSSR count). The molecule has 1 aromatic carbocycles. The third-order valence-electron chi connectivity index (χ3n) is 3.42. The average molecular weight is 218 g/mol. The van der Waals surface area contributed by atoms with Crippen molar-refractivity contribution < 1.29 is 0 Å². The van der Waals surface area contributed by atoms with Crippen LogP contribution in [0.15, 0.2) is 24.3 Å². The third kappa shape index (κ3) is 2.07. The molecule has 2 heteroatoms. The van der Waals surface area contributed by atoms with E-state index in [9.17, 15) is 0 Å². The third-order valence-corrected chi connectivity index (χ3v) is 3.42. The van der Waals surface area contributed by atoms with Crippen LogP contribution in [0.5, 0.6) is 0 Å². The van der Waals surface area contributed by atoms with Gasteiger partial charge in [0.05, 0.1) is 0 Å². The average Bonchev–Trinajstić information content (AvgIpc) is 2.94. The van der Waals surface area contributed by atoms with Crippen LogP contribution < -0.4 is 10.2 Å². The number of benzene rings is 1. The van der Waals surface area contributed by atoms with Crippen LogP contribution >= 0.6 is 0 Å². The molecule has 88 valence electrons. The van der Waals surface area contributed by atoms with E-state index in [-0.39, 0.29) is 0 Å². The zero-order chi connectivity index (χ0) is 11.5. The van der Waals surface area contributed by atoms with Gasteiger partial charge in [-0.3, -0.25) is 0 Å². The number of nitrogens with one attached hydrogen (secondary N) is 1. The lowest BCUT2D eigenvalue weighted by molar-refractivity contribution is 0.580. The molecule has 0 unspecified atom stereocenters. The topological polar surface area (TPSA) is 15.3 Å². The number of rotatable bonds is 1. The van der Waals surface area contributed by atoms with Gasteiger partial charge in [0.1, 0.15) is 0 Å². The molecule has 2 aliphatic rings. The van der Waals surface area contributed by atoms with Crippen LogP contribution in [0.3, 0.4) is 0 Å². The zero-order valence-electron chi connectivity index (χ0n) is 10.5. The molecule has 16 heavy (non-hydrogen) atoms. The van der Waals surface area contributed by atoms with Crippen molar-refractivity contribution in [3.8, 4) is 0 Å². The molecule has 0 aliphatic carbocycles. The van der Waals surface area contributed by atoms with Crippen LogP contribution in [0.25, 0.3) is 0 Å². The minimum Gasteiger partial charge on any atom is -0.366 e. The van der Waals surface area contributed by atoms with Crippen molar-refractivity contribution in [3.63, 3.8) is 0 Å². The summed E-state index contributed by atoms with van der Waals surface area (Å²) >= 11 is 0. The Balaban J connectivity index is 0.000000457. The molecule has 0 radical (unpaired) electrons. The number of nitrogens with zero attached hydrogens (tertiary/aromatic N) is 1. The molecule has 2 nitrogen and oxygen atoms in total. The van der Waals surface area contributed by atoms with E-state index in [2.05, 4.69) is 41.4 Å². The maximum absolute atomic E-state index is 3.53. The molecule has 2 fully saturated rings. The van der Waals surface area contributed by atoms with Crippen molar-refractivity contribution in [1.29, 1.82) is 0 Å². The SMILES string of the molecule is CC.Cc1ccc(N2C[C@H]3C[C@@H]2CN3)cc1. The minimum atomic E-state index is 0.737. The summed E-state index contributed by atoms with van der Waals surface area (Å²) in [5, 5.41) is 3.53. The van der Waals surface area contributed by atoms with E-state index in [0.29, 0.717) is 0 Å². The second kappa shape index (κ2) is 4.88. The second-order valence-electron chi connectivity index (χ2n) is 4.48. The van der Waals surface area contributed by atoms with Gasteiger partial charge < -0.3 is 10.2 Å². The van der Waals surface area contributed by atoms with Crippen molar-refractivity contribution in [2.24, 2.45) is 0 Å². The molecule has 2 atom stereocenters. The van der Waals surface area contributed by atoms with Crippen molar-refractivity contribution >= 4 is 5.69 Å². The van der Waals surface area contributed by atoms with Crippen LogP contribution in [0.2, 0.25) is 0 Å². The lowest BCUT2D eigenvalue weighted by Crippen LogP contribution is -2.43. The smallest absolute Gasteiger partial charge is 0.0430 e. The molecule has 1 N–H and O–H groups in total. The largest absolute Gasteiger partial charge is 0.366 e. The van der Waals surface area contributed by atoms with Crippen molar-refractivity contribution in [2.45, 2.75) is 39.3 Å². The van der Waals surface area contributed by atoms with E-state index in [1.165, 1.54) is 30.8 Å². The van der Waals surface area contributed by atoms with Gasteiger partial charge >= 0.3 is 0 Å². The zero-order valence-corrected chi connectivity index (χ0v) is 10.5. The molecular formula is C14H22N2. The highest BCUT2D eigenvalue weighted by Crippen LogP contribution is 2.29. The van der Waals surface area contributed by atoms with E-state index in [4.69, 9.17) is 0 Å². The second-order valence-corrected chi connectivity index (χ2v) is 4.48. The monoisotopic (exact) mass is 218 g/mol. The standard InChI is InChI=1S/C12H16N2.C2H6/c1-9-2-4-11(5-3-9)14-8-10-6-12(14)7-13-10;1-2/h2-5,10,12-13H,6-8H2,1H3;1-2H3/t10-,12-;/m1./s1. The highest BCUT2D eigenvalue weighted by atomic mass is 15.3. The van der Waals surface area contributed by atoms with Crippen molar-refractivity contribution in [3.05, 3.63) is 29.8 Å². The van der Waals surface area contributed by atoms with E-state index < -0.39 is 0 Å². The molecule has 1 aromatic rings. The first-order valence-corrected chi connectivity index (χ1v) is 6.39. The van der Waals surface area contributed by atoms with Crippen LogP contribution in [0.4, 0.5) is 5.69 Å². The molecule has 0 spiro atoms. The molecule has 2 aliphatic heterocycles. The Morgan fingerprint density at radius 2 is 1.88 bits per heavy atom. The number of fused-ring (bicyclic) bond motifs is 2. The first kappa shape index (κ1) is 11.5. The maximum Gasteiger partial charge on any atom is 0.0430 e. The number of hydrogen-bond donors (Lipinski definition) is 1. The minimum absolute atomic E-state index is 0.737. The highest BCUT2D eigenvalue weighted by molar-refractivity contribution is 5.50. The summed E-state index contributed by atoms with van der Waals surface area (Å²) in [4.78, 5) is 2.54. The van der Waals surface area contributed by atoms with E-state index >= 15 is 0 Å². The summed E-state index contributed by atoms with van der Waals surface area (Å²) in [6.45, 7) is 8.49. The number of hydrogen-bond acceptors (Lipinski definition) is 2. The Morgan fingerprint density at radius 1 is 1.19 bits per heavy atom. The predicted octanol–water partition coefficient (Wildman–Crippen LogP) is 2.57. The number of aryl methyl sites for hydroxylation is 1. The Morgan fingerprint density at radius 3 is 2.38 bits per heavy atom. The first-order chi connectivity index (χ1) is 7.83. The molecule has 0 saturated carbocycles. The van der Waals surface area contributed by atoms with Gasteiger partial charge in [0.2, 0.25) is 0 Å². The van der Waals surface area contributed by atoms with Gasteiger partial charge in [-0.15, -0.1) is 0 Å². The van der Waals surface area contributed by atoms with E-state index in [1.807, 2.05) is 13.8 Å². The highest BCUT2D eigenvalue weighted by Gasteiger charge is 2.37. The summed E-state index contributed by atoms with van der Waals surface area (Å²) < 4.78 is 0. The van der Waals surface area contributed by atoms with Crippen LogP contribution in [0, 0.1) is 6.92 Å². The molecule has 2 saturated heterocycles. The summed E-state index contributed by atoms with van der Waals surface area (Å²) in [5.74, 6) is 0. The van der Waals surface area contributed by atoms with Gasteiger partial charge in [0.15, 0.2) is 0 Å². The van der Waals surface area contributed by atoms with Crippen LogP contribution in [-0.2, 0) is 0 Å². The summed E-state index contributed by atoms with van der Waals surface area (Å²) in [7, 11) is 0. The van der Waals surface area contributed by atoms with Gasteiger partial charge in [-0.05, 0) is 25.5 Å². The Labute approximate surface area is 98.7 Å². The molecule has 0 amide bonds. The fourth-order valence-electron chi connectivity index (χ4n) is 2.61. The van der Waals surface area contributed by atoms with E-state index in [0.717, 1.165) is 12.1 Å². The Kier molecular flexibility index (Phi) is 3.49. The first-order valence-electron chi connectivity index (χ1n) is 6.39. The van der Waals surface area contributed by atoms with Crippen LogP contribution in [0.1, 0.15) is 25.8 Å².